The fourth-order valence-electron chi connectivity index (χ4n) is 2.02. The highest BCUT2D eigenvalue weighted by atomic mass is 127. The normalized spacial score (nSPS) is 14.7. The van der Waals surface area contributed by atoms with Gasteiger partial charge in [-0.2, -0.15) is 0 Å². The molecule has 8 nitrogen and oxygen atoms in total. The number of amides is 3. The van der Waals surface area contributed by atoms with Crippen LogP contribution in [0.4, 0.5) is 4.79 Å². The van der Waals surface area contributed by atoms with Gasteiger partial charge in [-0.3, -0.25) is 14.7 Å². The highest BCUT2D eigenvalue weighted by Gasteiger charge is 2.27. The summed E-state index contributed by atoms with van der Waals surface area (Å²) in [6, 6.07) is -0.344. The smallest absolute Gasteiger partial charge is 0.324 e. The third-order valence-corrected chi connectivity index (χ3v) is 4.22. The molecule has 0 bridgehead atoms. The maximum absolute atomic E-state index is 11.5. The molecule has 2 rings (SSSR count). The summed E-state index contributed by atoms with van der Waals surface area (Å²) in [4.78, 5) is 32.7. The molecule has 1 fully saturated rings. The van der Waals surface area contributed by atoms with E-state index >= 15 is 0 Å². The Morgan fingerprint density at radius 2 is 2.21 bits per heavy atom. The van der Waals surface area contributed by atoms with Crippen molar-refractivity contribution in [3.8, 4) is 0 Å². The average Bonchev–Trinajstić information content (AvgIpc) is 3.12. The summed E-state index contributed by atoms with van der Waals surface area (Å²) in [6.07, 6.45) is 0. The first-order valence-electron chi connectivity index (χ1n) is 7.48. The molecule has 0 spiro atoms. The lowest BCUT2D eigenvalue weighted by Gasteiger charge is -2.15. The Hall–Kier alpha value is -1.43. The Kier molecular flexibility index (Phi) is 8.39. The van der Waals surface area contributed by atoms with Gasteiger partial charge in [0.15, 0.2) is 5.96 Å². The van der Waals surface area contributed by atoms with E-state index in [-0.39, 0.29) is 42.5 Å². The van der Waals surface area contributed by atoms with Crippen molar-refractivity contribution in [3.05, 3.63) is 16.1 Å². The van der Waals surface area contributed by atoms with Gasteiger partial charge in [0.2, 0.25) is 5.91 Å². The number of nitrogens with zero attached hydrogens (tertiary/aromatic N) is 3. The fraction of sp³-hybridized carbons (Fsp3) is 0.571. The lowest BCUT2D eigenvalue weighted by molar-refractivity contribution is -0.124. The molecule has 0 aromatic carbocycles. The number of carbonyl (C=O) groups excluding carboxylic acids is 2. The summed E-state index contributed by atoms with van der Waals surface area (Å²) in [6.45, 7) is 5.63. The van der Waals surface area contributed by atoms with Crippen molar-refractivity contribution in [2.24, 2.45) is 4.99 Å². The zero-order chi connectivity index (χ0) is 16.8. The van der Waals surface area contributed by atoms with E-state index in [1.54, 1.807) is 18.4 Å². The molecule has 1 aromatic heterocycles. The molecule has 134 valence electrons. The van der Waals surface area contributed by atoms with Crippen molar-refractivity contribution < 1.29 is 9.59 Å². The van der Waals surface area contributed by atoms with E-state index in [0.29, 0.717) is 31.5 Å². The van der Waals surface area contributed by atoms with Crippen molar-refractivity contribution in [1.82, 2.24) is 25.8 Å². The molecular formula is C14H23IN6O2S. The summed E-state index contributed by atoms with van der Waals surface area (Å²) in [5.74, 6) is 0.823. The number of guanidine groups is 1. The molecule has 0 atom stereocenters. The van der Waals surface area contributed by atoms with Crippen LogP contribution in [0.15, 0.2) is 10.4 Å². The van der Waals surface area contributed by atoms with Gasteiger partial charge in [-0.05, 0) is 5.92 Å². The molecule has 0 aliphatic carbocycles. The SMILES string of the molecule is CN=C(NCCN1C(=O)CNC1=O)NCc1nc(C(C)C)cs1.I. The highest BCUT2D eigenvalue weighted by Crippen LogP contribution is 2.17. The van der Waals surface area contributed by atoms with Crippen LogP contribution >= 0.6 is 35.3 Å². The van der Waals surface area contributed by atoms with Gasteiger partial charge in [-0.25, -0.2) is 9.78 Å². The number of aromatic nitrogens is 1. The third-order valence-electron chi connectivity index (χ3n) is 3.36. The molecule has 1 aliphatic heterocycles. The maximum Gasteiger partial charge on any atom is 0.324 e. The number of urea groups is 1. The van der Waals surface area contributed by atoms with Crippen molar-refractivity contribution in [2.75, 3.05) is 26.7 Å². The molecule has 1 saturated heterocycles. The number of thiazole rings is 1. The summed E-state index contributed by atoms with van der Waals surface area (Å²) in [7, 11) is 1.67. The van der Waals surface area contributed by atoms with Crippen LogP contribution in [-0.2, 0) is 11.3 Å². The standard InChI is InChI=1S/C14H22N6O2S.HI/c1-9(2)10-8-23-11(19-10)6-17-13(15-3)16-4-5-20-12(21)7-18-14(20)22;/h8-9H,4-7H2,1-3H3,(H,18,22)(H2,15,16,17);1H. The monoisotopic (exact) mass is 466 g/mol. The van der Waals surface area contributed by atoms with Gasteiger partial charge in [-0.15, -0.1) is 35.3 Å². The van der Waals surface area contributed by atoms with Crippen LogP contribution in [0, 0.1) is 0 Å². The lowest BCUT2D eigenvalue weighted by Crippen LogP contribution is -2.43. The largest absolute Gasteiger partial charge is 0.355 e. The van der Waals surface area contributed by atoms with E-state index in [4.69, 9.17) is 0 Å². The number of hydrogen-bond acceptors (Lipinski definition) is 5. The quantitative estimate of drug-likeness (QED) is 0.253. The van der Waals surface area contributed by atoms with Crippen LogP contribution in [-0.4, -0.2) is 54.5 Å². The molecule has 10 heteroatoms. The number of nitrogens with one attached hydrogen (secondary N) is 3. The maximum atomic E-state index is 11.5. The topological polar surface area (TPSA) is 98.7 Å². The predicted molar refractivity (Wildman–Crippen MR) is 105 cm³/mol. The van der Waals surface area contributed by atoms with E-state index in [0.717, 1.165) is 10.7 Å². The van der Waals surface area contributed by atoms with Crippen LogP contribution in [0.5, 0.6) is 0 Å². The van der Waals surface area contributed by atoms with Crippen LogP contribution in [0.2, 0.25) is 0 Å². The Morgan fingerprint density at radius 3 is 2.75 bits per heavy atom. The summed E-state index contributed by atoms with van der Waals surface area (Å²) >= 11 is 1.61. The van der Waals surface area contributed by atoms with Gasteiger partial charge >= 0.3 is 6.03 Å². The van der Waals surface area contributed by atoms with Gasteiger partial charge < -0.3 is 16.0 Å². The summed E-state index contributed by atoms with van der Waals surface area (Å²) < 4.78 is 0. The van der Waals surface area contributed by atoms with Gasteiger partial charge in [-0.1, -0.05) is 13.8 Å². The van der Waals surface area contributed by atoms with Crippen molar-refractivity contribution in [3.63, 3.8) is 0 Å². The first-order valence-corrected chi connectivity index (χ1v) is 8.36. The van der Waals surface area contributed by atoms with E-state index in [2.05, 4.69) is 45.2 Å². The van der Waals surface area contributed by atoms with E-state index in [1.807, 2.05) is 0 Å². The first-order chi connectivity index (χ1) is 11.0. The van der Waals surface area contributed by atoms with E-state index in [9.17, 15) is 9.59 Å². The second kappa shape index (κ2) is 9.77. The third kappa shape index (κ3) is 5.58. The minimum atomic E-state index is -0.344. The number of imide groups is 1. The van der Waals surface area contributed by atoms with E-state index < -0.39 is 0 Å². The molecular weight excluding hydrogens is 443 g/mol. The van der Waals surface area contributed by atoms with Crippen molar-refractivity contribution >= 4 is 53.2 Å². The summed E-state index contributed by atoms with van der Waals surface area (Å²) in [5, 5.41) is 11.8. The number of aliphatic imine (C=N–C) groups is 1. The zero-order valence-corrected chi connectivity index (χ0v) is 17.1. The summed E-state index contributed by atoms with van der Waals surface area (Å²) in [5.41, 5.74) is 1.09. The molecule has 3 N–H and O–H groups in total. The predicted octanol–water partition coefficient (Wildman–Crippen LogP) is 1.10. The fourth-order valence-corrected chi connectivity index (χ4v) is 2.91. The average molecular weight is 466 g/mol. The van der Waals surface area contributed by atoms with Crippen LogP contribution < -0.4 is 16.0 Å². The lowest BCUT2D eigenvalue weighted by atomic mass is 10.2. The number of halogens is 1. The second-order valence-corrected chi connectivity index (χ2v) is 6.32. The minimum Gasteiger partial charge on any atom is -0.355 e. The minimum absolute atomic E-state index is 0. The molecule has 1 aromatic rings. The number of rotatable bonds is 6. The molecule has 1 aliphatic rings. The van der Waals surface area contributed by atoms with Gasteiger partial charge in [0.05, 0.1) is 18.8 Å². The molecule has 3 amide bonds. The van der Waals surface area contributed by atoms with Gasteiger partial charge in [0.1, 0.15) is 5.01 Å². The molecule has 0 unspecified atom stereocenters. The van der Waals surface area contributed by atoms with Gasteiger partial charge in [0, 0.05) is 25.5 Å². The van der Waals surface area contributed by atoms with Crippen LogP contribution in [0.25, 0.3) is 0 Å². The van der Waals surface area contributed by atoms with Crippen molar-refractivity contribution in [2.45, 2.75) is 26.3 Å². The molecule has 0 saturated carbocycles. The number of hydrogen-bond donors (Lipinski definition) is 3. The molecule has 24 heavy (non-hydrogen) atoms. The molecule has 0 radical (unpaired) electrons. The Morgan fingerprint density at radius 1 is 1.46 bits per heavy atom. The number of carbonyl (C=O) groups is 2. The van der Waals surface area contributed by atoms with Crippen LogP contribution in [0.3, 0.4) is 0 Å². The first kappa shape index (κ1) is 20.6. The second-order valence-electron chi connectivity index (χ2n) is 5.38. The molecule has 2 heterocycles. The Labute approximate surface area is 162 Å². The van der Waals surface area contributed by atoms with Crippen molar-refractivity contribution in [1.29, 1.82) is 0 Å². The van der Waals surface area contributed by atoms with Gasteiger partial charge in [0.25, 0.3) is 0 Å². The van der Waals surface area contributed by atoms with Crippen LogP contribution in [0.1, 0.15) is 30.5 Å². The van der Waals surface area contributed by atoms with E-state index in [1.165, 1.54) is 4.90 Å². The highest BCUT2D eigenvalue weighted by molar-refractivity contribution is 14.0. The Bertz CT molecular complexity index is 588. The Balaban J connectivity index is 0.00000288. The zero-order valence-electron chi connectivity index (χ0n) is 14.0.